The van der Waals surface area contributed by atoms with Gasteiger partial charge in [0.15, 0.2) is 0 Å². The van der Waals surface area contributed by atoms with Gasteiger partial charge < -0.3 is 9.80 Å². The smallest absolute Gasteiger partial charge is 0.265 e. The van der Waals surface area contributed by atoms with E-state index in [0.29, 0.717) is 16.5 Å². The number of amides is 2. The standard InChI is InChI=1S/C15H16N2O2S2/c1-16(2)14(18)11-8-20-9-17(11)15(19)13-7-10-5-3-4-6-12(10)21-13/h3-7,11H,8-9H2,1-2H3/t11-/m0/s1. The van der Waals surface area contributed by atoms with Gasteiger partial charge in [0, 0.05) is 24.5 Å². The van der Waals surface area contributed by atoms with E-state index in [0.717, 1.165) is 10.1 Å². The Morgan fingerprint density at radius 1 is 1.29 bits per heavy atom. The van der Waals surface area contributed by atoms with Crippen molar-refractivity contribution in [3.8, 4) is 0 Å². The highest BCUT2D eigenvalue weighted by atomic mass is 32.2. The van der Waals surface area contributed by atoms with E-state index in [2.05, 4.69) is 0 Å². The molecule has 2 aromatic rings. The molecule has 0 saturated carbocycles. The van der Waals surface area contributed by atoms with E-state index >= 15 is 0 Å². The van der Waals surface area contributed by atoms with E-state index < -0.39 is 0 Å². The quantitative estimate of drug-likeness (QED) is 0.854. The fourth-order valence-electron chi connectivity index (χ4n) is 2.37. The van der Waals surface area contributed by atoms with E-state index in [1.807, 2.05) is 30.3 Å². The highest BCUT2D eigenvalue weighted by Gasteiger charge is 2.36. The molecule has 0 bridgehead atoms. The molecule has 0 aliphatic carbocycles. The van der Waals surface area contributed by atoms with Crippen LogP contribution in [0, 0.1) is 0 Å². The highest BCUT2D eigenvalue weighted by molar-refractivity contribution is 7.99. The Morgan fingerprint density at radius 3 is 2.76 bits per heavy atom. The van der Waals surface area contributed by atoms with Crippen molar-refractivity contribution in [1.82, 2.24) is 9.80 Å². The highest BCUT2D eigenvalue weighted by Crippen LogP contribution is 2.30. The van der Waals surface area contributed by atoms with Crippen molar-refractivity contribution < 1.29 is 9.59 Å². The Morgan fingerprint density at radius 2 is 2.05 bits per heavy atom. The summed E-state index contributed by atoms with van der Waals surface area (Å²) in [6.07, 6.45) is 0. The maximum absolute atomic E-state index is 12.7. The van der Waals surface area contributed by atoms with Crippen LogP contribution in [0.15, 0.2) is 30.3 Å². The summed E-state index contributed by atoms with van der Waals surface area (Å²) in [5.41, 5.74) is 0. The second-order valence-electron chi connectivity index (χ2n) is 5.17. The zero-order valence-corrected chi connectivity index (χ0v) is 13.5. The van der Waals surface area contributed by atoms with Crippen molar-refractivity contribution >= 4 is 45.0 Å². The second-order valence-corrected chi connectivity index (χ2v) is 7.26. The lowest BCUT2D eigenvalue weighted by Gasteiger charge is -2.24. The van der Waals surface area contributed by atoms with Crippen LogP contribution in [-0.4, -0.2) is 53.4 Å². The first-order valence-corrected chi connectivity index (χ1v) is 8.63. The largest absolute Gasteiger partial charge is 0.347 e. The van der Waals surface area contributed by atoms with Crippen LogP contribution >= 0.6 is 23.1 Å². The van der Waals surface area contributed by atoms with Gasteiger partial charge in [-0.2, -0.15) is 0 Å². The fourth-order valence-corrected chi connectivity index (χ4v) is 4.54. The predicted molar refractivity (Wildman–Crippen MR) is 87.8 cm³/mol. The lowest BCUT2D eigenvalue weighted by molar-refractivity contribution is -0.132. The SMILES string of the molecule is CN(C)C(=O)[C@@H]1CSCN1C(=O)c1cc2ccccc2s1. The Kier molecular flexibility index (Phi) is 3.91. The predicted octanol–water partition coefficient (Wildman–Crippen LogP) is 2.50. The van der Waals surface area contributed by atoms with Crippen LogP contribution in [0.1, 0.15) is 9.67 Å². The van der Waals surface area contributed by atoms with Crippen LogP contribution in [-0.2, 0) is 4.79 Å². The number of carbonyl (C=O) groups is 2. The first-order chi connectivity index (χ1) is 10.1. The Bertz CT molecular complexity index is 663. The molecule has 0 spiro atoms. The number of fused-ring (bicyclic) bond motifs is 1. The van der Waals surface area contributed by atoms with Gasteiger partial charge in [0.25, 0.3) is 5.91 Å². The summed E-state index contributed by atoms with van der Waals surface area (Å²) in [6, 6.07) is 9.53. The number of hydrogen-bond donors (Lipinski definition) is 0. The van der Waals surface area contributed by atoms with Crippen molar-refractivity contribution in [2.75, 3.05) is 25.7 Å². The number of hydrogen-bond acceptors (Lipinski definition) is 4. The van der Waals surface area contributed by atoms with Gasteiger partial charge in [0.1, 0.15) is 6.04 Å². The molecule has 1 aromatic carbocycles. The molecule has 1 atom stereocenters. The number of benzene rings is 1. The number of carbonyl (C=O) groups excluding carboxylic acids is 2. The van der Waals surface area contributed by atoms with Gasteiger partial charge >= 0.3 is 0 Å². The Hall–Kier alpha value is -1.53. The van der Waals surface area contributed by atoms with Crippen LogP contribution in [0.4, 0.5) is 0 Å². The number of likely N-dealkylation sites (N-methyl/N-ethyl adjacent to an activating group) is 1. The normalized spacial score (nSPS) is 18.2. The van der Waals surface area contributed by atoms with E-state index in [1.165, 1.54) is 11.3 Å². The van der Waals surface area contributed by atoms with Crippen molar-refractivity contribution in [3.05, 3.63) is 35.2 Å². The maximum Gasteiger partial charge on any atom is 0.265 e. The monoisotopic (exact) mass is 320 g/mol. The molecule has 0 N–H and O–H groups in total. The summed E-state index contributed by atoms with van der Waals surface area (Å²) in [6.45, 7) is 0. The minimum absolute atomic E-state index is 0.00513. The number of nitrogens with zero attached hydrogens (tertiary/aromatic N) is 2. The molecule has 4 nitrogen and oxygen atoms in total. The van der Waals surface area contributed by atoms with Crippen molar-refractivity contribution in [2.24, 2.45) is 0 Å². The van der Waals surface area contributed by atoms with Gasteiger partial charge in [-0.1, -0.05) is 18.2 Å². The average Bonchev–Trinajstić information content (AvgIpc) is 3.11. The third-order valence-corrected chi connectivity index (χ3v) is 5.62. The molecule has 1 saturated heterocycles. The van der Waals surface area contributed by atoms with Gasteiger partial charge in [0.05, 0.1) is 10.8 Å². The molecule has 1 aromatic heterocycles. The number of thioether (sulfide) groups is 1. The van der Waals surface area contributed by atoms with Gasteiger partial charge in [0.2, 0.25) is 5.91 Å². The average molecular weight is 320 g/mol. The Labute approximate surface area is 131 Å². The van der Waals surface area contributed by atoms with Gasteiger partial charge in [-0.25, -0.2) is 0 Å². The molecule has 21 heavy (non-hydrogen) atoms. The first-order valence-electron chi connectivity index (χ1n) is 6.66. The number of thiophene rings is 1. The van der Waals surface area contributed by atoms with Crippen molar-refractivity contribution in [2.45, 2.75) is 6.04 Å². The Balaban J connectivity index is 1.88. The van der Waals surface area contributed by atoms with Crippen molar-refractivity contribution in [1.29, 1.82) is 0 Å². The lowest BCUT2D eigenvalue weighted by atomic mass is 10.2. The molecule has 2 heterocycles. The van der Waals surface area contributed by atoms with Crippen LogP contribution < -0.4 is 0 Å². The molecule has 0 unspecified atom stereocenters. The fraction of sp³-hybridized carbons (Fsp3) is 0.333. The molecular formula is C15H16N2O2S2. The summed E-state index contributed by atoms with van der Waals surface area (Å²) in [5, 5.41) is 1.08. The molecule has 2 amide bonds. The molecule has 3 rings (SSSR count). The molecule has 6 heteroatoms. The zero-order chi connectivity index (χ0) is 15.0. The van der Waals surface area contributed by atoms with E-state index in [4.69, 9.17) is 0 Å². The molecule has 1 aliphatic heterocycles. The van der Waals surface area contributed by atoms with Gasteiger partial charge in [-0.15, -0.1) is 23.1 Å². The minimum atomic E-state index is -0.345. The van der Waals surface area contributed by atoms with Crippen molar-refractivity contribution in [3.63, 3.8) is 0 Å². The van der Waals surface area contributed by atoms with Crippen LogP contribution in [0.3, 0.4) is 0 Å². The maximum atomic E-state index is 12.7. The molecule has 1 aliphatic rings. The summed E-state index contributed by atoms with van der Waals surface area (Å²) in [5.74, 6) is 1.21. The van der Waals surface area contributed by atoms with Gasteiger partial charge in [-0.3, -0.25) is 9.59 Å². The van der Waals surface area contributed by atoms with Crippen LogP contribution in [0.25, 0.3) is 10.1 Å². The zero-order valence-electron chi connectivity index (χ0n) is 11.9. The second kappa shape index (κ2) is 5.69. The summed E-state index contributed by atoms with van der Waals surface area (Å²) >= 11 is 3.12. The summed E-state index contributed by atoms with van der Waals surface area (Å²) in [4.78, 5) is 28.8. The van der Waals surface area contributed by atoms with Crippen LogP contribution in [0.5, 0.6) is 0 Å². The molecule has 1 fully saturated rings. The summed E-state index contributed by atoms with van der Waals surface area (Å²) in [7, 11) is 3.46. The number of rotatable bonds is 2. The van der Waals surface area contributed by atoms with E-state index in [-0.39, 0.29) is 17.9 Å². The van der Waals surface area contributed by atoms with Gasteiger partial charge in [-0.05, 0) is 17.5 Å². The van der Waals surface area contributed by atoms with Crippen LogP contribution in [0.2, 0.25) is 0 Å². The first kappa shape index (κ1) is 14.4. The van der Waals surface area contributed by atoms with E-state index in [9.17, 15) is 9.59 Å². The molecule has 0 radical (unpaired) electrons. The molecule has 110 valence electrons. The molecular weight excluding hydrogens is 304 g/mol. The third-order valence-electron chi connectivity index (χ3n) is 3.51. The summed E-state index contributed by atoms with van der Waals surface area (Å²) < 4.78 is 1.10. The topological polar surface area (TPSA) is 40.6 Å². The minimum Gasteiger partial charge on any atom is -0.347 e. The lowest BCUT2D eigenvalue weighted by Crippen LogP contribution is -2.46. The van der Waals surface area contributed by atoms with E-state index in [1.54, 1.807) is 35.7 Å². The third kappa shape index (κ3) is 2.65.